The Bertz CT molecular complexity index is 5240. The van der Waals surface area contributed by atoms with Gasteiger partial charge in [-0.25, -0.2) is 0 Å². The van der Waals surface area contributed by atoms with Gasteiger partial charge < -0.3 is 34.1 Å². The van der Waals surface area contributed by atoms with Crippen LogP contribution < -0.4 is 34.1 Å². The summed E-state index contributed by atoms with van der Waals surface area (Å²) in [4.78, 5) is 13.8. The number of nitrogens with zero attached hydrogens (tertiary/aromatic N) is 6. The van der Waals surface area contributed by atoms with Crippen molar-refractivity contribution >= 4 is 102 Å². The van der Waals surface area contributed by atoms with Crippen molar-refractivity contribution in [3.63, 3.8) is 0 Å². The summed E-state index contributed by atoms with van der Waals surface area (Å²) in [6, 6.07) is 172. The highest BCUT2D eigenvalue weighted by molar-refractivity contribution is 5.87. The van der Waals surface area contributed by atoms with E-state index >= 15 is 0 Å². The van der Waals surface area contributed by atoms with Crippen molar-refractivity contribution in [3.8, 4) is 56.0 Å². The van der Waals surface area contributed by atoms with Gasteiger partial charge in [-0.3, -0.25) is 0 Å². The Kier molecular flexibility index (Phi) is 20.7. The Hall–Kier alpha value is -15.4. The molecule has 0 spiro atoms. The number of hydrogen-bond acceptors (Lipinski definition) is 7. The highest BCUT2D eigenvalue weighted by Crippen LogP contribution is 2.45. The van der Waals surface area contributed by atoms with E-state index in [0.717, 1.165) is 158 Å². The molecule has 0 aliphatic heterocycles. The maximum absolute atomic E-state index is 6.77. The van der Waals surface area contributed by atoms with E-state index in [9.17, 15) is 0 Å². The molecule has 0 atom stereocenters. The Balaban J connectivity index is 0.633. The molecule has 0 bridgehead atoms. The number of rotatable bonds is 24. The van der Waals surface area contributed by atoms with Gasteiger partial charge in [-0.15, -0.1) is 0 Å². The third-order valence-corrected chi connectivity index (χ3v) is 20.9. The number of anilines is 18. The first-order valence-corrected chi connectivity index (χ1v) is 38.9. The van der Waals surface area contributed by atoms with Crippen LogP contribution >= 0.6 is 0 Å². The molecule has 0 fully saturated rings. The molecule has 0 N–H and O–H groups in total. The number of benzene rings is 18. The molecule has 548 valence electrons. The van der Waals surface area contributed by atoms with Crippen molar-refractivity contribution in [2.45, 2.75) is 0 Å². The van der Waals surface area contributed by atoms with Gasteiger partial charge in [0.05, 0.1) is 0 Å². The van der Waals surface area contributed by atoms with Crippen LogP contribution in [0.4, 0.5) is 102 Å². The predicted octanol–water partition coefficient (Wildman–Crippen LogP) is 31.0. The lowest BCUT2D eigenvalue weighted by Crippen LogP contribution is -2.10. The maximum atomic E-state index is 6.77. The summed E-state index contributed by atoms with van der Waals surface area (Å²) in [6.45, 7) is 0. The molecule has 0 aliphatic carbocycles. The Labute approximate surface area is 673 Å². The second kappa shape index (κ2) is 33.4. The molecule has 0 aliphatic rings. The van der Waals surface area contributed by atoms with Crippen molar-refractivity contribution in [2.75, 3.05) is 29.4 Å². The van der Waals surface area contributed by atoms with Gasteiger partial charge in [0.1, 0.15) is 11.5 Å². The minimum absolute atomic E-state index is 0.718. The van der Waals surface area contributed by atoms with E-state index in [0.29, 0.717) is 0 Å². The number of hydrogen-bond donors (Lipinski definition) is 0. The standard InChI is InChI=1S/C108H80N6O/c1-9-25-89(26-10-1)109(90-27-11-2-12-28-90)97-57-41-81(42-58-97)85-49-65-101(66-50-85)113(102-67-51-86(52-68-102)82-43-59-98(60-44-82)110(91-29-13-3-14-30-91)92-31-15-4-16-32-92)105-73-77-107(78-74-105)115-108-79-75-106(76-80-108)114(103-69-53-87(54-70-103)83-45-61-99(62-46-83)111(93-33-17-5-18-34-93)94-35-19-6-20-36-94)104-71-55-88(56-72-104)84-47-63-100(64-48-84)112(95-37-21-7-22-38-95)96-39-23-8-24-40-96/h1-80H. The maximum Gasteiger partial charge on any atom is 0.127 e. The van der Waals surface area contributed by atoms with Gasteiger partial charge in [-0.05, 0) is 287 Å². The zero-order valence-corrected chi connectivity index (χ0v) is 63.3. The van der Waals surface area contributed by atoms with Gasteiger partial charge in [0.25, 0.3) is 0 Å². The summed E-state index contributed by atoms with van der Waals surface area (Å²) in [5.41, 5.74) is 28.2. The molecule has 0 radical (unpaired) electrons. The molecule has 18 aromatic carbocycles. The van der Waals surface area contributed by atoms with Crippen molar-refractivity contribution in [2.24, 2.45) is 0 Å². The molecule has 18 rings (SSSR count). The molecule has 0 heterocycles. The van der Waals surface area contributed by atoms with Gasteiger partial charge >= 0.3 is 0 Å². The summed E-state index contributed by atoms with van der Waals surface area (Å²) >= 11 is 0. The van der Waals surface area contributed by atoms with Crippen LogP contribution in [-0.2, 0) is 0 Å². The average molecular weight is 1480 g/mol. The van der Waals surface area contributed by atoms with Crippen LogP contribution in [0.1, 0.15) is 0 Å². The van der Waals surface area contributed by atoms with E-state index in [1.165, 1.54) is 0 Å². The molecule has 18 aromatic rings. The molecule has 0 unspecified atom stereocenters. The summed E-state index contributed by atoms with van der Waals surface area (Å²) < 4.78 is 6.77. The topological polar surface area (TPSA) is 28.7 Å². The third kappa shape index (κ3) is 15.9. The lowest BCUT2D eigenvalue weighted by Gasteiger charge is -2.27. The van der Waals surface area contributed by atoms with Gasteiger partial charge in [0.15, 0.2) is 0 Å². The normalized spacial score (nSPS) is 11.0. The van der Waals surface area contributed by atoms with E-state index < -0.39 is 0 Å². The zero-order chi connectivity index (χ0) is 76.9. The van der Waals surface area contributed by atoms with E-state index in [-0.39, 0.29) is 0 Å². The Morgan fingerprint density at radius 2 is 0.191 bits per heavy atom. The van der Waals surface area contributed by atoms with Crippen LogP contribution in [-0.4, -0.2) is 0 Å². The first-order valence-electron chi connectivity index (χ1n) is 38.9. The third-order valence-electron chi connectivity index (χ3n) is 20.9. The van der Waals surface area contributed by atoms with Crippen LogP contribution in [0.5, 0.6) is 11.5 Å². The molecule has 7 heteroatoms. The highest BCUT2D eigenvalue weighted by atomic mass is 16.5. The van der Waals surface area contributed by atoms with Crippen LogP contribution in [0.15, 0.2) is 485 Å². The SMILES string of the molecule is c1ccc(N(c2ccccc2)c2ccc(-c3ccc(N(c4ccc(Oc5ccc(N(c6ccc(-c7ccc(N(c8ccccc8)c8ccccc8)cc7)cc6)c6ccc(-c7ccc(N(c8ccccc8)c8ccccc8)cc7)cc6)cc5)cc4)c4ccc(-c5ccc(N(c6ccccc6)c6ccccc6)cc5)cc4)cc3)cc2)cc1. The average Bonchev–Trinajstić information content (AvgIpc) is 0.859. The molecule has 0 amide bonds. The lowest BCUT2D eigenvalue weighted by atomic mass is 10.0. The molecule has 0 saturated carbocycles. The van der Waals surface area contributed by atoms with Gasteiger partial charge in [0.2, 0.25) is 0 Å². The summed E-state index contributed by atoms with van der Waals surface area (Å²) in [5.74, 6) is 1.44. The van der Waals surface area contributed by atoms with Crippen LogP contribution in [0, 0.1) is 0 Å². The van der Waals surface area contributed by atoms with Crippen LogP contribution in [0.3, 0.4) is 0 Å². The van der Waals surface area contributed by atoms with Crippen LogP contribution in [0.25, 0.3) is 44.5 Å². The number of ether oxygens (including phenoxy) is 1. The lowest BCUT2D eigenvalue weighted by molar-refractivity contribution is 0.483. The van der Waals surface area contributed by atoms with E-state index in [2.05, 4.69) is 515 Å². The smallest absolute Gasteiger partial charge is 0.127 e. The Morgan fingerprint density at radius 1 is 0.0957 bits per heavy atom. The highest BCUT2D eigenvalue weighted by Gasteiger charge is 2.21. The molecular formula is C108H80N6O. The molecule has 115 heavy (non-hydrogen) atoms. The minimum Gasteiger partial charge on any atom is -0.457 e. The fourth-order valence-corrected chi connectivity index (χ4v) is 15.2. The van der Waals surface area contributed by atoms with Crippen molar-refractivity contribution in [3.05, 3.63) is 485 Å². The van der Waals surface area contributed by atoms with Gasteiger partial charge in [-0.1, -0.05) is 243 Å². The van der Waals surface area contributed by atoms with E-state index in [1.807, 2.05) is 0 Å². The van der Waals surface area contributed by atoms with Crippen LogP contribution in [0.2, 0.25) is 0 Å². The first-order chi connectivity index (χ1) is 57.0. The molecule has 0 aromatic heterocycles. The molecule has 7 nitrogen and oxygen atoms in total. The number of para-hydroxylation sites is 8. The summed E-state index contributed by atoms with van der Waals surface area (Å²) in [6.07, 6.45) is 0. The second-order valence-corrected chi connectivity index (χ2v) is 28.2. The predicted molar refractivity (Wildman–Crippen MR) is 483 cm³/mol. The fraction of sp³-hybridized carbons (Fsp3) is 0. The minimum atomic E-state index is 0.718. The fourth-order valence-electron chi connectivity index (χ4n) is 15.2. The molecular weight excluding hydrogens is 1400 g/mol. The summed E-state index contributed by atoms with van der Waals surface area (Å²) in [7, 11) is 0. The first kappa shape index (κ1) is 71.2. The van der Waals surface area contributed by atoms with E-state index in [4.69, 9.17) is 4.74 Å². The van der Waals surface area contributed by atoms with Crippen molar-refractivity contribution < 1.29 is 4.74 Å². The van der Waals surface area contributed by atoms with E-state index in [1.54, 1.807) is 0 Å². The monoisotopic (exact) mass is 1480 g/mol. The van der Waals surface area contributed by atoms with Gasteiger partial charge in [-0.2, -0.15) is 0 Å². The van der Waals surface area contributed by atoms with Crippen molar-refractivity contribution in [1.29, 1.82) is 0 Å². The Morgan fingerprint density at radius 3 is 0.304 bits per heavy atom. The van der Waals surface area contributed by atoms with Gasteiger partial charge in [0, 0.05) is 102 Å². The summed E-state index contributed by atoms with van der Waals surface area (Å²) in [5, 5.41) is 0. The zero-order valence-electron chi connectivity index (χ0n) is 63.3. The molecule has 0 saturated heterocycles. The largest absolute Gasteiger partial charge is 0.457 e. The van der Waals surface area contributed by atoms with Crippen molar-refractivity contribution in [1.82, 2.24) is 0 Å². The quantitative estimate of drug-likeness (QED) is 0.0595. The second-order valence-electron chi connectivity index (χ2n) is 28.2.